The first-order valence-corrected chi connectivity index (χ1v) is 9.02. The van der Waals surface area contributed by atoms with Gasteiger partial charge in [0.25, 0.3) is 0 Å². The zero-order valence-electron chi connectivity index (χ0n) is 15.0. The van der Waals surface area contributed by atoms with Crippen LogP contribution < -0.4 is 0 Å². The number of hydrogen-bond acceptors (Lipinski definition) is 3. The smallest absolute Gasteiger partial charge is 0.113 e. The van der Waals surface area contributed by atoms with Gasteiger partial charge in [-0.3, -0.25) is 0 Å². The first-order valence-electron chi connectivity index (χ1n) is 9.02. The zero-order chi connectivity index (χ0) is 18.2. The van der Waals surface area contributed by atoms with Crippen molar-refractivity contribution in [3.63, 3.8) is 0 Å². The van der Waals surface area contributed by atoms with E-state index >= 15 is 0 Å². The molecule has 2 heterocycles. The van der Waals surface area contributed by atoms with E-state index in [9.17, 15) is 0 Å². The fourth-order valence-electron chi connectivity index (χ4n) is 3.35. The van der Waals surface area contributed by atoms with Crippen molar-refractivity contribution in [2.75, 3.05) is 0 Å². The number of aromatic nitrogens is 4. The summed E-state index contributed by atoms with van der Waals surface area (Å²) in [4.78, 5) is 18.0. The molecule has 2 aromatic heterocycles. The van der Waals surface area contributed by atoms with Crippen LogP contribution in [0, 0.1) is 6.92 Å². The molecule has 0 aliphatic rings. The van der Waals surface area contributed by atoms with E-state index < -0.39 is 0 Å². The number of imidazole rings is 1. The van der Waals surface area contributed by atoms with Crippen molar-refractivity contribution < 1.29 is 0 Å². The van der Waals surface area contributed by atoms with Crippen LogP contribution in [0.25, 0.3) is 33.3 Å². The quantitative estimate of drug-likeness (QED) is 0.494. The molecular weight excluding hydrogens is 332 g/mol. The maximum absolute atomic E-state index is 4.92. The standard InChI is InChI=1S/C23H18N4/c1-15-10-12-16(13-11-15)23-21(24-17-6-2-5-9-20(17)27-23)14-22-25-18-7-3-4-8-19(18)26-22/h2-13H,14H2,1H3,(H,25,26). The number of nitrogens with one attached hydrogen (secondary N) is 1. The van der Waals surface area contributed by atoms with Gasteiger partial charge in [-0.25, -0.2) is 15.0 Å². The van der Waals surface area contributed by atoms with Crippen LogP contribution in [0.15, 0.2) is 72.8 Å². The highest BCUT2D eigenvalue weighted by molar-refractivity contribution is 5.79. The van der Waals surface area contributed by atoms with Gasteiger partial charge in [0.1, 0.15) is 5.82 Å². The van der Waals surface area contributed by atoms with Crippen molar-refractivity contribution in [2.24, 2.45) is 0 Å². The van der Waals surface area contributed by atoms with Crippen LogP contribution in [0.4, 0.5) is 0 Å². The summed E-state index contributed by atoms with van der Waals surface area (Å²) in [5.74, 6) is 0.897. The SMILES string of the molecule is Cc1ccc(-c2nc3ccccc3nc2Cc2nc3ccccc3[nH]2)cc1. The van der Waals surface area contributed by atoms with Crippen LogP contribution >= 0.6 is 0 Å². The normalized spacial score (nSPS) is 11.3. The molecule has 4 heteroatoms. The molecule has 5 rings (SSSR count). The summed E-state index contributed by atoms with van der Waals surface area (Å²) in [6.07, 6.45) is 0.607. The zero-order valence-corrected chi connectivity index (χ0v) is 15.0. The van der Waals surface area contributed by atoms with E-state index in [0.29, 0.717) is 6.42 Å². The molecule has 3 aromatic carbocycles. The van der Waals surface area contributed by atoms with Crippen molar-refractivity contribution >= 4 is 22.1 Å². The van der Waals surface area contributed by atoms with Gasteiger partial charge in [-0.1, -0.05) is 54.1 Å². The summed E-state index contributed by atoms with van der Waals surface area (Å²) in [5, 5.41) is 0. The summed E-state index contributed by atoms with van der Waals surface area (Å²) >= 11 is 0. The Kier molecular flexibility index (Phi) is 3.68. The lowest BCUT2D eigenvalue weighted by Gasteiger charge is -2.09. The fourth-order valence-corrected chi connectivity index (χ4v) is 3.35. The summed E-state index contributed by atoms with van der Waals surface area (Å²) in [5.41, 5.74) is 7.96. The Morgan fingerprint density at radius 1 is 0.704 bits per heavy atom. The molecule has 0 unspecified atom stereocenters. The van der Waals surface area contributed by atoms with Crippen molar-refractivity contribution in [1.29, 1.82) is 0 Å². The average Bonchev–Trinajstić information content (AvgIpc) is 3.10. The molecule has 4 nitrogen and oxygen atoms in total. The molecule has 0 radical (unpaired) electrons. The summed E-state index contributed by atoms with van der Waals surface area (Å²) in [6.45, 7) is 2.09. The molecule has 0 bridgehead atoms. The Hall–Kier alpha value is -3.53. The Labute approximate surface area is 157 Å². The second-order valence-electron chi connectivity index (χ2n) is 6.75. The van der Waals surface area contributed by atoms with E-state index in [1.54, 1.807) is 0 Å². The highest BCUT2D eigenvalue weighted by atomic mass is 14.9. The number of aryl methyl sites for hydroxylation is 1. The van der Waals surface area contributed by atoms with Gasteiger partial charge in [0, 0.05) is 5.56 Å². The number of nitrogens with zero attached hydrogens (tertiary/aromatic N) is 3. The lowest BCUT2D eigenvalue weighted by molar-refractivity contribution is 0.986. The van der Waals surface area contributed by atoms with Gasteiger partial charge in [-0.05, 0) is 31.2 Å². The highest BCUT2D eigenvalue weighted by Crippen LogP contribution is 2.25. The van der Waals surface area contributed by atoms with E-state index in [1.165, 1.54) is 5.56 Å². The Morgan fingerprint density at radius 2 is 1.37 bits per heavy atom. The second kappa shape index (κ2) is 6.32. The van der Waals surface area contributed by atoms with E-state index in [-0.39, 0.29) is 0 Å². The first-order chi connectivity index (χ1) is 13.3. The molecule has 1 N–H and O–H groups in total. The fraction of sp³-hybridized carbons (Fsp3) is 0.0870. The molecule has 0 saturated heterocycles. The predicted molar refractivity (Wildman–Crippen MR) is 109 cm³/mol. The van der Waals surface area contributed by atoms with Crippen molar-refractivity contribution in [1.82, 2.24) is 19.9 Å². The molecule has 130 valence electrons. The number of hydrogen-bond donors (Lipinski definition) is 1. The van der Waals surface area contributed by atoms with E-state index in [0.717, 1.165) is 44.8 Å². The Bertz CT molecular complexity index is 1220. The second-order valence-corrected chi connectivity index (χ2v) is 6.75. The minimum atomic E-state index is 0.607. The number of H-pyrrole nitrogens is 1. The van der Waals surface area contributed by atoms with Gasteiger partial charge < -0.3 is 4.98 Å². The number of rotatable bonds is 3. The minimum Gasteiger partial charge on any atom is -0.342 e. The van der Waals surface area contributed by atoms with E-state index in [4.69, 9.17) is 15.0 Å². The summed E-state index contributed by atoms with van der Waals surface area (Å²) in [6, 6.07) is 24.5. The minimum absolute atomic E-state index is 0.607. The van der Waals surface area contributed by atoms with Crippen LogP contribution in [-0.2, 0) is 6.42 Å². The largest absolute Gasteiger partial charge is 0.342 e. The van der Waals surface area contributed by atoms with Crippen LogP contribution in [0.1, 0.15) is 17.1 Å². The molecule has 0 aliphatic carbocycles. The third kappa shape index (κ3) is 2.95. The summed E-state index contributed by atoms with van der Waals surface area (Å²) in [7, 11) is 0. The lowest BCUT2D eigenvalue weighted by atomic mass is 10.1. The van der Waals surface area contributed by atoms with Gasteiger partial charge in [0.05, 0.1) is 39.9 Å². The van der Waals surface area contributed by atoms with Gasteiger partial charge in [-0.2, -0.15) is 0 Å². The monoisotopic (exact) mass is 350 g/mol. The van der Waals surface area contributed by atoms with E-state index in [1.807, 2.05) is 48.5 Å². The molecule has 0 atom stereocenters. The average molecular weight is 350 g/mol. The van der Waals surface area contributed by atoms with Crippen molar-refractivity contribution in [2.45, 2.75) is 13.3 Å². The summed E-state index contributed by atoms with van der Waals surface area (Å²) < 4.78 is 0. The molecule has 0 spiro atoms. The molecule has 0 fully saturated rings. The molecule has 5 aromatic rings. The van der Waals surface area contributed by atoms with Crippen LogP contribution in [-0.4, -0.2) is 19.9 Å². The first kappa shape index (κ1) is 15.7. The Morgan fingerprint density at radius 3 is 2.11 bits per heavy atom. The van der Waals surface area contributed by atoms with Crippen LogP contribution in [0.5, 0.6) is 0 Å². The predicted octanol–water partition coefficient (Wildman–Crippen LogP) is 5.07. The third-order valence-electron chi connectivity index (χ3n) is 4.74. The maximum atomic E-state index is 4.92. The van der Waals surface area contributed by atoms with Gasteiger partial charge in [0.15, 0.2) is 0 Å². The molecule has 27 heavy (non-hydrogen) atoms. The number of benzene rings is 3. The van der Waals surface area contributed by atoms with Gasteiger partial charge in [0.2, 0.25) is 0 Å². The van der Waals surface area contributed by atoms with Crippen molar-refractivity contribution in [3.05, 3.63) is 89.9 Å². The van der Waals surface area contributed by atoms with Crippen LogP contribution in [0.2, 0.25) is 0 Å². The van der Waals surface area contributed by atoms with Gasteiger partial charge in [-0.15, -0.1) is 0 Å². The lowest BCUT2D eigenvalue weighted by Crippen LogP contribution is -2.01. The molecule has 0 saturated carbocycles. The highest BCUT2D eigenvalue weighted by Gasteiger charge is 2.13. The Balaban J connectivity index is 1.66. The molecule has 0 amide bonds. The molecule has 0 aliphatic heterocycles. The number of para-hydroxylation sites is 4. The topological polar surface area (TPSA) is 54.5 Å². The maximum Gasteiger partial charge on any atom is 0.113 e. The van der Waals surface area contributed by atoms with Gasteiger partial charge >= 0.3 is 0 Å². The number of aromatic amines is 1. The van der Waals surface area contributed by atoms with Crippen molar-refractivity contribution in [3.8, 4) is 11.3 Å². The number of fused-ring (bicyclic) bond motifs is 2. The molecular formula is C23H18N4. The van der Waals surface area contributed by atoms with Crippen LogP contribution in [0.3, 0.4) is 0 Å². The van der Waals surface area contributed by atoms with E-state index in [2.05, 4.69) is 36.2 Å². The third-order valence-corrected chi connectivity index (χ3v) is 4.74.